The van der Waals surface area contributed by atoms with Gasteiger partial charge in [0.25, 0.3) is 0 Å². The highest BCUT2D eigenvalue weighted by atomic mass is 79.9. The van der Waals surface area contributed by atoms with E-state index >= 15 is 0 Å². The Morgan fingerprint density at radius 1 is 1.26 bits per heavy atom. The van der Waals surface area contributed by atoms with Crippen LogP contribution in [0.1, 0.15) is 30.9 Å². The van der Waals surface area contributed by atoms with E-state index in [1.807, 2.05) is 7.05 Å². The molecular formula is C15H20BrNO2. The standard InChI is InChI=1S/C15H20BrNO2/c1-17-13-9-14(10-4-6-18-7-5-10)19-15-8-11(16)2-3-12(13)15/h2-3,8,10,13-14,17H,4-7,9H2,1H3. The molecule has 2 aliphatic rings. The van der Waals surface area contributed by atoms with Gasteiger partial charge in [-0.3, -0.25) is 0 Å². The van der Waals surface area contributed by atoms with Crippen LogP contribution in [0.15, 0.2) is 22.7 Å². The summed E-state index contributed by atoms with van der Waals surface area (Å²) in [6.45, 7) is 1.75. The molecular weight excluding hydrogens is 306 g/mol. The zero-order valence-electron chi connectivity index (χ0n) is 11.2. The summed E-state index contributed by atoms with van der Waals surface area (Å²) in [6.07, 6.45) is 3.59. The second-order valence-corrected chi connectivity index (χ2v) is 6.28. The average molecular weight is 326 g/mol. The quantitative estimate of drug-likeness (QED) is 0.905. The van der Waals surface area contributed by atoms with Gasteiger partial charge in [-0.15, -0.1) is 0 Å². The first-order valence-electron chi connectivity index (χ1n) is 6.99. The van der Waals surface area contributed by atoms with Gasteiger partial charge in [-0.05, 0) is 32.0 Å². The van der Waals surface area contributed by atoms with E-state index < -0.39 is 0 Å². The molecule has 0 spiro atoms. The van der Waals surface area contributed by atoms with E-state index in [1.54, 1.807) is 0 Å². The van der Waals surface area contributed by atoms with E-state index in [9.17, 15) is 0 Å². The molecule has 0 radical (unpaired) electrons. The topological polar surface area (TPSA) is 30.5 Å². The summed E-state index contributed by atoms with van der Waals surface area (Å²) in [5.74, 6) is 1.65. The van der Waals surface area contributed by atoms with Crippen LogP contribution in [0.4, 0.5) is 0 Å². The number of ether oxygens (including phenoxy) is 2. The summed E-state index contributed by atoms with van der Waals surface area (Å²) in [5, 5.41) is 3.42. The zero-order chi connectivity index (χ0) is 13.2. The Bertz CT molecular complexity index is 446. The molecule has 2 atom stereocenters. The number of rotatable bonds is 2. The lowest BCUT2D eigenvalue weighted by Gasteiger charge is -2.37. The van der Waals surface area contributed by atoms with Crippen molar-refractivity contribution < 1.29 is 9.47 Å². The monoisotopic (exact) mass is 325 g/mol. The number of nitrogens with one attached hydrogen (secondary N) is 1. The fourth-order valence-corrected chi connectivity index (χ4v) is 3.46. The first-order chi connectivity index (χ1) is 9.28. The van der Waals surface area contributed by atoms with E-state index in [0.29, 0.717) is 18.1 Å². The van der Waals surface area contributed by atoms with Gasteiger partial charge >= 0.3 is 0 Å². The summed E-state index contributed by atoms with van der Waals surface area (Å²) in [5.41, 5.74) is 1.27. The van der Waals surface area contributed by atoms with Gasteiger partial charge in [-0.25, -0.2) is 0 Å². The van der Waals surface area contributed by atoms with Crippen molar-refractivity contribution in [3.63, 3.8) is 0 Å². The summed E-state index contributed by atoms with van der Waals surface area (Å²) in [6, 6.07) is 6.72. The maximum atomic E-state index is 6.26. The van der Waals surface area contributed by atoms with Crippen LogP contribution in [0.2, 0.25) is 0 Å². The molecule has 0 bridgehead atoms. The van der Waals surface area contributed by atoms with Gasteiger partial charge in [0.2, 0.25) is 0 Å². The van der Waals surface area contributed by atoms with Crippen molar-refractivity contribution in [3.05, 3.63) is 28.2 Å². The SMILES string of the molecule is CNC1CC(C2CCOCC2)Oc2cc(Br)ccc21. The molecule has 19 heavy (non-hydrogen) atoms. The van der Waals surface area contributed by atoms with Gasteiger partial charge < -0.3 is 14.8 Å². The number of benzene rings is 1. The van der Waals surface area contributed by atoms with Gasteiger partial charge in [0, 0.05) is 41.6 Å². The lowest BCUT2D eigenvalue weighted by Crippen LogP contribution is -2.38. The molecule has 0 aromatic heterocycles. The smallest absolute Gasteiger partial charge is 0.125 e. The molecule has 0 saturated carbocycles. The Morgan fingerprint density at radius 2 is 2.05 bits per heavy atom. The molecule has 0 amide bonds. The van der Waals surface area contributed by atoms with Crippen LogP contribution < -0.4 is 10.1 Å². The second-order valence-electron chi connectivity index (χ2n) is 5.37. The molecule has 0 aliphatic carbocycles. The molecule has 1 N–H and O–H groups in total. The first-order valence-corrected chi connectivity index (χ1v) is 7.78. The maximum Gasteiger partial charge on any atom is 0.125 e. The molecule has 1 saturated heterocycles. The van der Waals surface area contributed by atoms with E-state index in [4.69, 9.17) is 9.47 Å². The fourth-order valence-electron chi connectivity index (χ4n) is 3.12. The summed E-state index contributed by atoms with van der Waals surface area (Å²) >= 11 is 3.53. The lowest BCUT2D eigenvalue weighted by atomic mass is 9.86. The molecule has 104 valence electrons. The highest BCUT2D eigenvalue weighted by Crippen LogP contribution is 2.39. The van der Waals surface area contributed by atoms with E-state index in [0.717, 1.165) is 42.7 Å². The third kappa shape index (κ3) is 2.81. The number of halogens is 1. The Hall–Kier alpha value is -0.580. The van der Waals surface area contributed by atoms with Crippen LogP contribution in [-0.2, 0) is 4.74 Å². The summed E-state index contributed by atoms with van der Waals surface area (Å²) in [4.78, 5) is 0. The normalized spacial score (nSPS) is 27.7. The van der Waals surface area contributed by atoms with E-state index in [1.165, 1.54) is 5.56 Å². The van der Waals surface area contributed by atoms with E-state index in [2.05, 4.69) is 39.4 Å². The predicted octanol–water partition coefficient (Wildman–Crippen LogP) is 3.29. The second kappa shape index (κ2) is 5.81. The molecule has 3 rings (SSSR count). The first kappa shape index (κ1) is 13.4. The molecule has 4 heteroatoms. The molecule has 1 aromatic carbocycles. The lowest BCUT2D eigenvalue weighted by molar-refractivity contribution is 0.00567. The molecule has 3 nitrogen and oxygen atoms in total. The van der Waals surface area contributed by atoms with Gasteiger partial charge in [0.05, 0.1) is 0 Å². The average Bonchev–Trinajstić information content (AvgIpc) is 2.46. The number of hydrogen-bond donors (Lipinski definition) is 1. The highest BCUT2D eigenvalue weighted by molar-refractivity contribution is 9.10. The van der Waals surface area contributed by atoms with Crippen LogP contribution >= 0.6 is 15.9 Å². The summed E-state index contributed by atoms with van der Waals surface area (Å²) in [7, 11) is 2.03. The van der Waals surface area contributed by atoms with Gasteiger partial charge in [-0.1, -0.05) is 22.0 Å². The number of fused-ring (bicyclic) bond motifs is 1. The highest BCUT2D eigenvalue weighted by Gasteiger charge is 2.33. The Balaban J connectivity index is 1.83. The van der Waals surface area contributed by atoms with Crippen molar-refractivity contribution in [1.82, 2.24) is 5.32 Å². The van der Waals surface area contributed by atoms with Crippen molar-refractivity contribution in [3.8, 4) is 5.75 Å². The van der Waals surface area contributed by atoms with Gasteiger partial charge in [0.1, 0.15) is 11.9 Å². The van der Waals surface area contributed by atoms with Crippen molar-refractivity contribution in [2.24, 2.45) is 5.92 Å². The summed E-state index contributed by atoms with van der Waals surface area (Å²) < 4.78 is 12.8. The third-order valence-electron chi connectivity index (χ3n) is 4.24. The van der Waals surface area contributed by atoms with Crippen molar-refractivity contribution in [1.29, 1.82) is 0 Å². The number of hydrogen-bond acceptors (Lipinski definition) is 3. The predicted molar refractivity (Wildman–Crippen MR) is 78.5 cm³/mol. The zero-order valence-corrected chi connectivity index (χ0v) is 12.8. The van der Waals surface area contributed by atoms with Crippen LogP contribution in [-0.4, -0.2) is 26.4 Å². The van der Waals surface area contributed by atoms with Crippen LogP contribution in [0.3, 0.4) is 0 Å². The molecule has 2 aliphatic heterocycles. The minimum absolute atomic E-state index is 0.308. The Morgan fingerprint density at radius 3 is 2.79 bits per heavy atom. The van der Waals surface area contributed by atoms with Crippen LogP contribution in [0.5, 0.6) is 5.75 Å². The molecule has 2 heterocycles. The van der Waals surface area contributed by atoms with Crippen LogP contribution in [0.25, 0.3) is 0 Å². The third-order valence-corrected chi connectivity index (χ3v) is 4.73. The fraction of sp³-hybridized carbons (Fsp3) is 0.600. The van der Waals surface area contributed by atoms with Gasteiger partial charge in [-0.2, -0.15) is 0 Å². The Labute approximate surface area is 122 Å². The van der Waals surface area contributed by atoms with Crippen LogP contribution in [0, 0.1) is 5.92 Å². The molecule has 1 aromatic rings. The van der Waals surface area contributed by atoms with Crippen molar-refractivity contribution in [2.45, 2.75) is 31.4 Å². The molecule has 2 unspecified atom stereocenters. The largest absolute Gasteiger partial charge is 0.490 e. The Kier molecular flexibility index (Phi) is 4.10. The van der Waals surface area contributed by atoms with Crippen molar-refractivity contribution in [2.75, 3.05) is 20.3 Å². The van der Waals surface area contributed by atoms with E-state index in [-0.39, 0.29) is 0 Å². The minimum Gasteiger partial charge on any atom is -0.490 e. The molecule has 1 fully saturated rings. The van der Waals surface area contributed by atoms with Gasteiger partial charge in [0.15, 0.2) is 0 Å². The van der Waals surface area contributed by atoms with Crippen molar-refractivity contribution >= 4 is 15.9 Å². The minimum atomic E-state index is 0.308. The maximum absolute atomic E-state index is 6.26.